The van der Waals surface area contributed by atoms with E-state index in [0.717, 1.165) is 17.8 Å². The molecule has 1 aromatic heterocycles. The first kappa shape index (κ1) is 14.0. The largest absolute Gasteiger partial charge is 0.328 e. The summed E-state index contributed by atoms with van der Waals surface area (Å²) in [6.45, 7) is 0.104. The van der Waals surface area contributed by atoms with Crippen LogP contribution in [0.4, 0.5) is 0 Å². The van der Waals surface area contributed by atoms with Crippen molar-refractivity contribution in [3.05, 3.63) is 64.1 Å². The molecule has 0 amide bonds. The van der Waals surface area contributed by atoms with Crippen LogP contribution in [0.1, 0.15) is 11.1 Å². The van der Waals surface area contributed by atoms with Gasteiger partial charge in [0, 0.05) is 18.8 Å². The van der Waals surface area contributed by atoms with Crippen molar-refractivity contribution in [2.24, 2.45) is 0 Å². The summed E-state index contributed by atoms with van der Waals surface area (Å²) in [5.41, 5.74) is 0.880. The smallest absolute Gasteiger partial charge is 0.247 e. The molecule has 20 heavy (non-hydrogen) atoms. The molecule has 2 aromatic rings. The van der Waals surface area contributed by atoms with E-state index in [2.05, 4.69) is 9.71 Å². The van der Waals surface area contributed by atoms with Gasteiger partial charge in [0.05, 0.1) is 16.5 Å². The maximum atomic E-state index is 12.0. The van der Waals surface area contributed by atoms with Crippen LogP contribution in [0.2, 0.25) is 0 Å². The van der Waals surface area contributed by atoms with Crippen LogP contribution in [0.3, 0.4) is 0 Å². The number of aromatic nitrogens is 1. The van der Waals surface area contributed by atoms with Gasteiger partial charge >= 0.3 is 0 Å². The van der Waals surface area contributed by atoms with Crippen LogP contribution in [0.15, 0.2) is 52.3 Å². The van der Waals surface area contributed by atoms with Gasteiger partial charge in [0.25, 0.3) is 0 Å². The zero-order valence-electron chi connectivity index (χ0n) is 10.3. The minimum absolute atomic E-state index is 0.00857. The molecule has 0 fully saturated rings. The summed E-state index contributed by atoms with van der Waals surface area (Å²) in [5.74, 6) is 0. The Morgan fingerprint density at radius 3 is 2.40 bits per heavy atom. The van der Waals surface area contributed by atoms with E-state index in [1.165, 1.54) is 6.07 Å². The molecule has 0 saturated carbocycles. The summed E-state index contributed by atoms with van der Waals surface area (Å²) in [6, 6.07) is 10.9. The molecule has 1 heterocycles. The number of benzene rings is 1. The summed E-state index contributed by atoms with van der Waals surface area (Å²) in [4.78, 5) is 13.2. The molecule has 1 aromatic carbocycles. The quantitative estimate of drug-likeness (QED) is 0.865. The highest BCUT2D eigenvalue weighted by atomic mass is 32.2. The average Bonchev–Trinajstić information content (AvgIpc) is 2.46. The summed E-state index contributed by atoms with van der Waals surface area (Å²) >= 11 is 0. The van der Waals surface area contributed by atoms with Crippen molar-refractivity contribution < 1.29 is 8.42 Å². The molecule has 102 valence electrons. The van der Waals surface area contributed by atoms with Gasteiger partial charge in [-0.2, -0.15) is 5.26 Å². The van der Waals surface area contributed by atoms with E-state index in [1.54, 1.807) is 24.3 Å². The Hall–Kier alpha value is -2.43. The summed E-state index contributed by atoms with van der Waals surface area (Å²) in [5, 5.41) is 8.67. The van der Waals surface area contributed by atoms with Gasteiger partial charge < -0.3 is 4.98 Å². The van der Waals surface area contributed by atoms with Crippen LogP contribution in [0.25, 0.3) is 0 Å². The van der Waals surface area contributed by atoms with E-state index in [1.807, 2.05) is 6.07 Å². The molecule has 7 heteroatoms. The van der Waals surface area contributed by atoms with Crippen molar-refractivity contribution in [1.82, 2.24) is 9.71 Å². The zero-order chi connectivity index (χ0) is 14.6. The first-order valence-corrected chi connectivity index (χ1v) is 7.17. The molecule has 0 atom stereocenters. The highest BCUT2D eigenvalue weighted by molar-refractivity contribution is 7.89. The predicted octanol–water partition coefficient (Wildman–Crippen LogP) is 0.725. The summed E-state index contributed by atoms with van der Waals surface area (Å²) in [7, 11) is -3.68. The molecule has 0 radical (unpaired) electrons. The number of nitrogens with one attached hydrogen (secondary N) is 2. The lowest BCUT2D eigenvalue weighted by molar-refractivity contribution is 0.581. The second-order valence-corrected chi connectivity index (χ2v) is 5.79. The first-order chi connectivity index (χ1) is 9.51. The van der Waals surface area contributed by atoms with E-state index in [0.29, 0.717) is 5.56 Å². The maximum Gasteiger partial charge on any atom is 0.247 e. The van der Waals surface area contributed by atoms with Gasteiger partial charge in [0.1, 0.15) is 0 Å². The van der Waals surface area contributed by atoms with Crippen molar-refractivity contribution in [1.29, 1.82) is 5.26 Å². The van der Waals surface area contributed by atoms with E-state index in [-0.39, 0.29) is 17.0 Å². The van der Waals surface area contributed by atoms with Crippen LogP contribution in [-0.4, -0.2) is 13.4 Å². The van der Waals surface area contributed by atoms with Crippen molar-refractivity contribution in [3.63, 3.8) is 0 Å². The third-order valence-corrected chi connectivity index (χ3v) is 4.01. The number of H-pyrrole nitrogens is 1. The summed E-state index contributed by atoms with van der Waals surface area (Å²) in [6.07, 6.45) is 1.14. The first-order valence-electron chi connectivity index (χ1n) is 5.69. The lowest BCUT2D eigenvalue weighted by Gasteiger charge is -2.06. The van der Waals surface area contributed by atoms with Crippen molar-refractivity contribution >= 4 is 10.0 Å². The Balaban J connectivity index is 2.11. The highest BCUT2D eigenvalue weighted by Crippen LogP contribution is 2.07. The minimum Gasteiger partial charge on any atom is -0.328 e. The number of nitrogens with zero attached hydrogens (tertiary/aromatic N) is 1. The lowest BCUT2D eigenvalue weighted by Crippen LogP contribution is -2.24. The van der Waals surface area contributed by atoms with Crippen LogP contribution in [0, 0.1) is 11.3 Å². The third kappa shape index (κ3) is 3.32. The molecule has 2 N–H and O–H groups in total. The second kappa shape index (κ2) is 5.69. The number of sulfonamides is 1. The Morgan fingerprint density at radius 2 is 1.85 bits per heavy atom. The molecule has 6 nitrogen and oxygen atoms in total. The zero-order valence-corrected chi connectivity index (χ0v) is 11.1. The van der Waals surface area contributed by atoms with E-state index >= 15 is 0 Å². The van der Waals surface area contributed by atoms with Crippen LogP contribution in [-0.2, 0) is 16.6 Å². The van der Waals surface area contributed by atoms with E-state index in [4.69, 9.17) is 5.26 Å². The molecule has 0 saturated heterocycles. The van der Waals surface area contributed by atoms with Crippen molar-refractivity contribution in [2.75, 3.05) is 0 Å². The molecular formula is C13H11N3O3S. The van der Waals surface area contributed by atoms with E-state index in [9.17, 15) is 13.2 Å². The summed E-state index contributed by atoms with van der Waals surface area (Å²) < 4.78 is 26.3. The van der Waals surface area contributed by atoms with Gasteiger partial charge in [-0.05, 0) is 23.8 Å². The average molecular weight is 289 g/mol. The normalized spacial score (nSPS) is 10.9. The van der Waals surface area contributed by atoms with Gasteiger partial charge in [-0.1, -0.05) is 12.1 Å². The van der Waals surface area contributed by atoms with Gasteiger partial charge in [-0.3, -0.25) is 4.79 Å². The Labute approximate surface area is 115 Å². The Morgan fingerprint density at radius 1 is 1.15 bits per heavy atom. The predicted molar refractivity (Wildman–Crippen MR) is 72.2 cm³/mol. The number of pyridine rings is 1. The molecular weight excluding hydrogens is 278 g/mol. The molecule has 0 bridgehead atoms. The van der Waals surface area contributed by atoms with Crippen molar-refractivity contribution in [3.8, 4) is 6.07 Å². The number of nitriles is 1. The number of aromatic amines is 1. The van der Waals surface area contributed by atoms with Crippen LogP contribution in [0.5, 0.6) is 0 Å². The van der Waals surface area contributed by atoms with Gasteiger partial charge in [0.15, 0.2) is 0 Å². The third-order valence-electron chi connectivity index (χ3n) is 2.62. The highest BCUT2D eigenvalue weighted by Gasteiger charge is 2.13. The molecule has 0 aliphatic carbocycles. The van der Waals surface area contributed by atoms with E-state index < -0.39 is 10.0 Å². The number of hydrogen-bond acceptors (Lipinski definition) is 4. The molecule has 0 aliphatic heterocycles. The topological polar surface area (TPSA) is 103 Å². The number of hydrogen-bond donors (Lipinski definition) is 2. The van der Waals surface area contributed by atoms with Gasteiger partial charge in [-0.15, -0.1) is 0 Å². The fourth-order valence-electron chi connectivity index (χ4n) is 1.52. The SMILES string of the molecule is N#Cc1ccc(CNS(=O)(=O)c2ccc(=O)[nH]c2)cc1. The fourth-order valence-corrected chi connectivity index (χ4v) is 2.51. The molecule has 0 unspecified atom stereocenters. The van der Waals surface area contributed by atoms with Gasteiger partial charge in [-0.25, -0.2) is 13.1 Å². The van der Waals surface area contributed by atoms with Gasteiger partial charge in [0.2, 0.25) is 15.6 Å². The Kier molecular flexibility index (Phi) is 3.98. The van der Waals surface area contributed by atoms with Crippen molar-refractivity contribution in [2.45, 2.75) is 11.4 Å². The lowest BCUT2D eigenvalue weighted by atomic mass is 10.1. The standard InChI is InChI=1S/C13H11N3O3S/c14-7-10-1-3-11(4-2-10)8-16-20(18,19)12-5-6-13(17)15-9-12/h1-6,9,16H,8H2,(H,15,17). The second-order valence-electron chi connectivity index (χ2n) is 4.02. The minimum atomic E-state index is -3.68. The van der Waals surface area contributed by atoms with Crippen LogP contribution < -0.4 is 10.3 Å². The fraction of sp³-hybridized carbons (Fsp3) is 0.0769. The van der Waals surface area contributed by atoms with Crippen LogP contribution >= 0.6 is 0 Å². The maximum absolute atomic E-state index is 12.0. The number of rotatable bonds is 4. The molecule has 0 spiro atoms. The molecule has 2 rings (SSSR count). The monoisotopic (exact) mass is 289 g/mol. The molecule has 0 aliphatic rings. The Bertz CT molecular complexity index is 781.